The van der Waals surface area contributed by atoms with Crippen LogP contribution in [-0.2, 0) is 9.84 Å². The molecule has 0 amide bonds. The molecule has 0 heterocycles. The average Bonchev–Trinajstić information content (AvgIpc) is 2.37. The van der Waals surface area contributed by atoms with Crippen molar-refractivity contribution >= 4 is 20.6 Å². The maximum atomic E-state index is 12.0. The van der Waals surface area contributed by atoms with Gasteiger partial charge in [0.2, 0.25) is 0 Å². The first-order chi connectivity index (χ1) is 8.53. The van der Waals surface area contributed by atoms with E-state index in [0.717, 1.165) is 10.8 Å². The van der Waals surface area contributed by atoms with Crippen LogP contribution in [0.5, 0.6) is 0 Å². The minimum absolute atomic E-state index is 0.0627. The quantitative estimate of drug-likeness (QED) is 0.862. The highest BCUT2D eigenvalue weighted by Crippen LogP contribution is 2.20. The van der Waals surface area contributed by atoms with E-state index >= 15 is 0 Å². The van der Waals surface area contributed by atoms with Gasteiger partial charge in [-0.05, 0) is 22.9 Å². The highest BCUT2D eigenvalue weighted by atomic mass is 32.2. The first-order valence-corrected chi connectivity index (χ1v) is 7.28. The van der Waals surface area contributed by atoms with Crippen LogP contribution < -0.4 is 5.73 Å². The fourth-order valence-electron chi connectivity index (χ4n) is 1.78. The molecule has 1 atom stereocenters. The summed E-state index contributed by atoms with van der Waals surface area (Å²) >= 11 is 0. The van der Waals surface area contributed by atoms with Crippen molar-refractivity contribution in [3.63, 3.8) is 0 Å². The summed E-state index contributed by atoms with van der Waals surface area (Å²) in [6, 6.07) is 12.5. The summed E-state index contributed by atoms with van der Waals surface area (Å²) in [5.74, 6) is -0.345. The largest absolute Gasteiger partial charge is 0.391 e. The second-order valence-corrected chi connectivity index (χ2v) is 6.21. The third-order valence-corrected chi connectivity index (χ3v) is 4.56. The highest BCUT2D eigenvalue weighted by molar-refractivity contribution is 7.91. The SMILES string of the molecule is NC[C@H](O)CS(=O)(=O)c1ccc2ccccc2c1. The fourth-order valence-corrected chi connectivity index (χ4v) is 3.20. The van der Waals surface area contributed by atoms with E-state index < -0.39 is 15.9 Å². The minimum atomic E-state index is -3.49. The van der Waals surface area contributed by atoms with Gasteiger partial charge in [-0.1, -0.05) is 30.3 Å². The molecular weight excluding hydrogens is 250 g/mol. The molecule has 0 saturated heterocycles. The van der Waals surface area contributed by atoms with Gasteiger partial charge in [0, 0.05) is 6.54 Å². The van der Waals surface area contributed by atoms with E-state index in [1.807, 2.05) is 24.3 Å². The van der Waals surface area contributed by atoms with Crippen LogP contribution in [0.25, 0.3) is 10.8 Å². The molecular formula is C13H15NO3S. The van der Waals surface area contributed by atoms with Gasteiger partial charge in [0.1, 0.15) is 0 Å². The topological polar surface area (TPSA) is 80.4 Å². The molecule has 0 aliphatic heterocycles. The lowest BCUT2D eigenvalue weighted by Crippen LogP contribution is -2.28. The maximum absolute atomic E-state index is 12.0. The van der Waals surface area contributed by atoms with Crippen molar-refractivity contribution in [2.24, 2.45) is 5.73 Å². The van der Waals surface area contributed by atoms with Crippen LogP contribution in [0, 0.1) is 0 Å². The number of rotatable bonds is 4. The van der Waals surface area contributed by atoms with Crippen LogP contribution in [0.2, 0.25) is 0 Å². The molecule has 0 aliphatic carbocycles. The van der Waals surface area contributed by atoms with E-state index in [0.29, 0.717) is 0 Å². The Kier molecular flexibility index (Phi) is 3.65. The molecule has 0 aliphatic rings. The molecule has 0 unspecified atom stereocenters. The third-order valence-electron chi connectivity index (χ3n) is 2.76. The zero-order chi connectivity index (χ0) is 13.2. The van der Waals surface area contributed by atoms with Crippen molar-refractivity contribution in [1.29, 1.82) is 0 Å². The van der Waals surface area contributed by atoms with Crippen LogP contribution in [0.3, 0.4) is 0 Å². The van der Waals surface area contributed by atoms with Gasteiger partial charge in [-0.2, -0.15) is 0 Å². The van der Waals surface area contributed by atoms with Gasteiger partial charge in [0.15, 0.2) is 9.84 Å². The van der Waals surface area contributed by atoms with E-state index in [4.69, 9.17) is 5.73 Å². The van der Waals surface area contributed by atoms with Crippen molar-refractivity contribution in [1.82, 2.24) is 0 Å². The van der Waals surface area contributed by atoms with Gasteiger partial charge in [0.25, 0.3) is 0 Å². The molecule has 96 valence electrons. The monoisotopic (exact) mass is 265 g/mol. The zero-order valence-corrected chi connectivity index (χ0v) is 10.6. The number of benzene rings is 2. The Balaban J connectivity index is 2.41. The summed E-state index contributed by atoms with van der Waals surface area (Å²) < 4.78 is 24.1. The Labute approximate surface area is 106 Å². The first kappa shape index (κ1) is 13.0. The summed E-state index contributed by atoms with van der Waals surface area (Å²) in [5, 5.41) is 11.2. The maximum Gasteiger partial charge on any atom is 0.180 e. The summed E-state index contributed by atoms with van der Waals surface area (Å²) in [6.07, 6.45) is -1.03. The molecule has 18 heavy (non-hydrogen) atoms. The summed E-state index contributed by atoms with van der Waals surface area (Å²) in [6.45, 7) is -0.0627. The molecule has 2 aromatic carbocycles. The Hall–Kier alpha value is -1.43. The number of fused-ring (bicyclic) bond motifs is 1. The Morgan fingerprint density at radius 2 is 1.78 bits per heavy atom. The molecule has 0 fully saturated rings. The van der Waals surface area contributed by atoms with E-state index in [9.17, 15) is 13.5 Å². The van der Waals surface area contributed by atoms with Gasteiger partial charge >= 0.3 is 0 Å². The Morgan fingerprint density at radius 3 is 2.44 bits per heavy atom. The summed E-state index contributed by atoms with van der Waals surface area (Å²) in [5.41, 5.74) is 5.23. The van der Waals surface area contributed by atoms with Gasteiger partial charge in [-0.3, -0.25) is 0 Å². The van der Waals surface area contributed by atoms with Gasteiger partial charge in [-0.25, -0.2) is 8.42 Å². The Bertz CT molecular complexity index is 652. The normalized spacial score (nSPS) is 13.7. The van der Waals surface area contributed by atoms with Gasteiger partial charge in [-0.15, -0.1) is 0 Å². The molecule has 0 spiro atoms. The van der Waals surface area contributed by atoms with Crippen molar-refractivity contribution in [3.8, 4) is 0 Å². The van der Waals surface area contributed by atoms with E-state index in [1.165, 1.54) is 0 Å². The van der Waals surface area contributed by atoms with E-state index in [1.54, 1.807) is 18.2 Å². The van der Waals surface area contributed by atoms with E-state index in [2.05, 4.69) is 0 Å². The predicted octanol–water partition coefficient (Wildman–Crippen LogP) is 0.933. The number of hydrogen-bond donors (Lipinski definition) is 2. The van der Waals surface area contributed by atoms with Crippen LogP contribution in [0.4, 0.5) is 0 Å². The minimum Gasteiger partial charge on any atom is -0.391 e. The highest BCUT2D eigenvalue weighted by Gasteiger charge is 2.19. The number of hydrogen-bond acceptors (Lipinski definition) is 4. The van der Waals surface area contributed by atoms with Crippen molar-refractivity contribution in [2.45, 2.75) is 11.0 Å². The summed E-state index contributed by atoms with van der Waals surface area (Å²) in [4.78, 5) is 0.216. The lowest BCUT2D eigenvalue weighted by molar-refractivity contribution is 0.205. The molecule has 2 aromatic rings. The molecule has 0 aromatic heterocycles. The van der Waals surface area contributed by atoms with Crippen molar-refractivity contribution < 1.29 is 13.5 Å². The smallest absolute Gasteiger partial charge is 0.180 e. The molecule has 0 bridgehead atoms. The average molecular weight is 265 g/mol. The second-order valence-electron chi connectivity index (χ2n) is 4.18. The van der Waals surface area contributed by atoms with E-state index in [-0.39, 0.29) is 17.2 Å². The number of aliphatic hydroxyl groups is 1. The predicted molar refractivity (Wildman–Crippen MR) is 71.1 cm³/mol. The fraction of sp³-hybridized carbons (Fsp3) is 0.231. The number of aliphatic hydroxyl groups excluding tert-OH is 1. The lowest BCUT2D eigenvalue weighted by Gasteiger charge is -2.09. The summed E-state index contributed by atoms with van der Waals surface area (Å²) in [7, 11) is -3.49. The molecule has 0 radical (unpaired) electrons. The molecule has 0 saturated carbocycles. The molecule has 5 heteroatoms. The van der Waals surface area contributed by atoms with Crippen LogP contribution in [0.1, 0.15) is 0 Å². The third kappa shape index (κ3) is 2.69. The zero-order valence-electron chi connectivity index (χ0n) is 9.78. The molecule has 4 nitrogen and oxygen atoms in total. The number of nitrogens with two attached hydrogens (primary N) is 1. The van der Waals surface area contributed by atoms with Gasteiger partial charge < -0.3 is 10.8 Å². The van der Waals surface area contributed by atoms with Crippen LogP contribution in [0.15, 0.2) is 47.4 Å². The van der Waals surface area contributed by atoms with Crippen molar-refractivity contribution in [2.75, 3.05) is 12.3 Å². The second kappa shape index (κ2) is 5.06. The molecule has 3 N–H and O–H groups in total. The van der Waals surface area contributed by atoms with Gasteiger partial charge in [0.05, 0.1) is 16.8 Å². The van der Waals surface area contributed by atoms with Crippen LogP contribution in [-0.4, -0.2) is 31.9 Å². The van der Waals surface area contributed by atoms with Crippen molar-refractivity contribution in [3.05, 3.63) is 42.5 Å². The molecule has 2 rings (SSSR count). The Morgan fingerprint density at radius 1 is 1.11 bits per heavy atom. The number of sulfone groups is 1. The van der Waals surface area contributed by atoms with Crippen LogP contribution >= 0.6 is 0 Å². The lowest BCUT2D eigenvalue weighted by atomic mass is 10.1. The first-order valence-electron chi connectivity index (χ1n) is 5.62. The standard InChI is InChI=1S/C13H15NO3S/c14-8-12(15)9-18(16,17)13-6-5-10-3-1-2-4-11(10)7-13/h1-7,12,15H,8-9,14H2/t12-/m0/s1.